The maximum Gasteiger partial charge on any atom is 0.0991 e. The highest BCUT2D eigenvalue weighted by atomic mass is 14.8. The molecule has 1 aliphatic carbocycles. The lowest BCUT2D eigenvalue weighted by Gasteiger charge is -2.34. The van der Waals surface area contributed by atoms with E-state index >= 15 is 0 Å². The summed E-state index contributed by atoms with van der Waals surface area (Å²) in [6.07, 6.45) is 3.59. The average molecular weight is 651 g/mol. The van der Waals surface area contributed by atoms with Crippen molar-refractivity contribution in [1.29, 1.82) is 5.26 Å². The van der Waals surface area contributed by atoms with Crippen molar-refractivity contribution in [2.24, 2.45) is 0 Å². The van der Waals surface area contributed by atoms with Crippen LogP contribution in [0.5, 0.6) is 0 Å². The van der Waals surface area contributed by atoms with E-state index in [0.717, 1.165) is 45.0 Å². The molecule has 0 fully saturated rings. The summed E-state index contributed by atoms with van der Waals surface area (Å²) in [5.41, 5.74) is 14.3. The molecule has 3 heterocycles. The number of fused-ring (bicyclic) bond motifs is 3. The molecule has 4 heteroatoms. The Kier molecular flexibility index (Phi) is 7.38. The molecular formula is C47H30N4. The van der Waals surface area contributed by atoms with Crippen LogP contribution in [0.3, 0.4) is 0 Å². The van der Waals surface area contributed by atoms with Crippen LogP contribution in [0.25, 0.3) is 56.2 Å². The van der Waals surface area contributed by atoms with E-state index < -0.39 is 5.41 Å². The minimum Gasteiger partial charge on any atom is -0.255 e. The molecule has 9 rings (SSSR count). The van der Waals surface area contributed by atoms with Gasteiger partial charge in [-0.15, -0.1) is 0 Å². The van der Waals surface area contributed by atoms with Crippen molar-refractivity contribution in [3.8, 4) is 62.2 Å². The van der Waals surface area contributed by atoms with E-state index in [4.69, 9.17) is 4.98 Å². The number of nitrogens with zero attached hydrogens (tertiary/aromatic N) is 4. The third-order valence-electron chi connectivity index (χ3n) is 9.89. The molecule has 0 spiro atoms. The Morgan fingerprint density at radius 3 is 1.61 bits per heavy atom. The van der Waals surface area contributed by atoms with Crippen molar-refractivity contribution < 1.29 is 0 Å². The number of hydrogen-bond donors (Lipinski definition) is 0. The maximum absolute atomic E-state index is 10.0. The van der Waals surface area contributed by atoms with E-state index in [1.165, 1.54) is 33.4 Å². The highest BCUT2D eigenvalue weighted by Gasteiger charge is 2.46. The average Bonchev–Trinajstić information content (AvgIpc) is 3.51. The van der Waals surface area contributed by atoms with Crippen LogP contribution in [-0.2, 0) is 5.41 Å². The number of hydrogen-bond acceptors (Lipinski definition) is 4. The topological polar surface area (TPSA) is 62.5 Å². The molecule has 0 amide bonds. The molecule has 0 saturated carbocycles. The molecule has 238 valence electrons. The van der Waals surface area contributed by atoms with Gasteiger partial charge in [-0.25, -0.2) is 4.98 Å². The first-order valence-electron chi connectivity index (χ1n) is 17.0. The molecule has 3 aromatic heterocycles. The standard InChI is InChI=1S/C47H30N4/c48-31-32-14-13-15-33(26-32)39-30-42-40(37-20-7-8-21-41(37)47(42,35-16-3-1-4-17-35)36-18-5-2-6-19-36)29-38(39)34-27-45(43-22-9-11-24-49-43)51-46(28-34)44-23-10-12-25-50-44/h1-30H. The van der Waals surface area contributed by atoms with E-state index in [0.29, 0.717) is 5.56 Å². The summed E-state index contributed by atoms with van der Waals surface area (Å²) in [6.45, 7) is 0. The van der Waals surface area contributed by atoms with Crippen LogP contribution in [0.1, 0.15) is 27.8 Å². The van der Waals surface area contributed by atoms with Crippen molar-refractivity contribution in [2.75, 3.05) is 0 Å². The normalized spacial score (nSPS) is 12.5. The fourth-order valence-electron chi connectivity index (χ4n) is 7.70. The molecule has 0 radical (unpaired) electrons. The Balaban J connectivity index is 1.40. The molecule has 1 aliphatic rings. The number of rotatable bonds is 6. The summed E-state index contributed by atoms with van der Waals surface area (Å²) >= 11 is 0. The van der Waals surface area contributed by atoms with Gasteiger partial charge in [0.05, 0.1) is 39.8 Å². The largest absolute Gasteiger partial charge is 0.255 e. The fraction of sp³-hybridized carbons (Fsp3) is 0.0213. The van der Waals surface area contributed by atoms with Gasteiger partial charge in [-0.1, -0.05) is 109 Å². The van der Waals surface area contributed by atoms with Gasteiger partial charge < -0.3 is 0 Å². The van der Waals surface area contributed by atoms with Crippen LogP contribution in [0.2, 0.25) is 0 Å². The Hall–Kier alpha value is -6.96. The minimum atomic E-state index is -0.564. The second-order valence-corrected chi connectivity index (χ2v) is 12.7. The van der Waals surface area contributed by atoms with E-state index in [1.807, 2.05) is 54.6 Å². The first-order valence-corrected chi connectivity index (χ1v) is 17.0. The quantitative estimate of drug-likeness (QED) is 0.180. The zero-order valence-corrected chi connectivity index (χ0v) is 27.6. The van der Waals surface area contributed by atoms with Gasteiger partial charge in [0.25, 0.3) is 0 Å². The Morgan fingerprint density at radius 1 is 0.412 bits per heavy atom. The predicted octanol–water partition coefficient (Wildman–Crippen LogP) is 10.8. The fourth-order valence-corrected chi connectivity index (χ4v) is 7.70. The Labute approximate surface area is 297 Å². The van der Waals surface area contributed by atoms with Gasteiger partial charge in [0, 0.05) is 12.4 Å². The number of pyridine rings is 3. The highest BCUT2D eigenvalue weighted by molar-refractivity contribution is 5.95. The number of benzene rings is 5. The molecule has 8 aromatic rings. The lowest BCUT2D eigenvalue weighted by molar-refractivity contribution is 0.769. The Bertz CT molecular complexity index is 2480. The van der Waals surface area contributed by atoms with Gasteiger partial charge in [-0.2, -0.15) is 5.26 Å². The second kappa shape index (κ2) is 12.5. The summed E-state index contributed by atoms with van der Waals surface area (Å²) in [4.78, 5) is 14.4. The Morgan fingerprint density at radius 2 is 1.00 bits per heavy atom. The van der Waals surface area contributed by atoms with Gasteiger partial charge in [0.1, 0.15) is 0 Å². The third-order valence-corrected chi connectivity index (χ3v) is 9.89. The van der Waals surface area contributed by atoms with Gasteiger partial charge >= 0.3 is 0 Å². The van der Waals surface area contributed by atoms with Crippen molar-refractivity contribution in [3.05, 3.63) is 210 Å². The zero-order chi connectivity index (χ0) is 34.2. The molecule has 5 aromatic carbocycles. The van der Waals surface area contributed by atoms with Crippen LogP contribution >= 0.6 is 0 Å². The first-order chi connectivity index (χ1) is 25.2. The molecule has 0 N–H and O–H groups in total. The molecule has 4 nitrogen and oxygen atoms in total. The highest BCUT2D eigenvalue weighted by Crippen LogP contribution is 2.58. The van der Waals surface area contributed by atoms with Gasteiger partial charge in [0.15, 0.2) is 0 Å². The molecule has 0 bridgehead atoms. The van der Waals surface area contributed by atoms with Crippen molar-refractivity contribution in [1.82, 2.24) is 15.0 Å². The number of nitriles is 1. The van der Waals surface area contributed by atoms with Gasteiger partial charge in [-0.3, -0.25) is 9.97 Å². The van der Waals surface area contributed by atoms with E-state index in [9.17, 15) is 5.26 Å². The summed E-state index contributed by atoms with van der Waals surface area (Å²) in [7, 11) is 0. The molecule has 0 aliphatic heterocycles. The maximum atomic E-state index is 10.0. The first kappa shape index (κ1) is 30.1. The zero-order valence-electron chi connectivity index (χ0n) is 27.6. The minimum absolute atomic E-state index is 0.564. The molecule has 51 heavy (non-hydrogen) atoms. The molecule has 0 atom stereocenters. The number of aromatic nitrogens is 3. The van der Waals surface area contributed by atoms with Crippen molar-refractivity contribution in [3.63, 3.8) is 0 Å². The predicted molar refractivity (Wildman–Crippen MR) is 204 cm³/mol. The van der Waals surface area contributed by atoms with Crippen LogP contribution < -0.4 is 0 Å². The van der Waals surface area contributed by atoms with Crippen molar-refractivity contribution >= 4 is 0 Å². The van der Waals surface area contributed by atoms with Gasteiger partial charge in [0.2, 0.25) is 0 Å². The second-order valence-electron chi connectivity index (χ2n) is 12.7. The van der Waals surface area contributed by atoms with Crippen LogP contribution in [0.15, 0.2) is 182 Å². The van der Waals surface area contributed by atoms with E-state index in [1.54, 1.807) is 12.4 Å². The smallest absolute Gasteiger partial charge is 0.0991 e. The lowest BCUT2D eigenvalue weighted by atomic mass is 9.67. The third kappa shape index (κ3) is 5.03. The van der Waals surface area contributed by atoms with Gasteiger partial charge in [-0.05, 0) is 116 Å². The summed E-state index contributed by atoms with van der Waals surface area (Å²) in [6, 6.07) is 61.4. The van der Waals surface area contributed by atoms with Crippen LogP contribution in [0.4, 0.5) is 0 Å². The SMILES string of the molecule is N#Cc1cccc(-c2cc3c(cc2-c2cc(-c4ccccn4)nc(-c4ccccn4)c2)-c2ccccc2C3(c2ccccc2)c2ccccc2)c1. The summed E-state index contributed by atoms with van der Waals surface area (Å²) < 4.78 is 0. The monoisotopic (exact) mass is 650 g/mol. The molecular weight excluding hydrogens is 621 g/mol. The van der Waals surface area contributed by atoms with E-state index in [2.05, 4.69) is 131 Å². The van der Waals surface area contributed by atoms with Crippen molar-refractivity contribution in [2.45, 2.75) is 5.41 Å². The lowest BCUT2D eigenvalue weighted by Crippen LogP contribution is -2.28. The van der Waals surface area contributed by atoms with Crippen LogP contribution in [-0.4, -0.2) is 15.0 Å². The van der Waals surface area contributed by atoms with E-state index in [-0.39, 0.29) is 0 Å². The van der Waals surface area contributed by atoms with Crippen LogP contribution in [0, 0.1) is 11.3 Å². The summed E-state index contributed by atoms with van der Waals surface area (Å²) in [5.74, 6) is 0. The summed E-state index contributed by atoms with van der Waals surface area (Å²) in [5, 5.41) is 10.0. The molecule has 0 unspecified atom stereocenters. The molecule has 0 saturated heterocycles.